The largest absolute Gasteiger partial charge is 0.326 e. The first-order chi connectivity index (χ1) is 18.2. The minimum atomic E-state index is -1.40. The molecule has 0 aliphatic carbocycles. The minimum Gasteiger partial charge on any atom is -0.326 e. The van der Waals surface area contributed by atoms with E-state index in [0.717, 1.165) is 10.5 Å². The molecular formula is C29H25FN4O4. The number of nitrogens with zero attached hydrogens (tertiary/aromatic N) is 2. The number of nitrogens with one attached hydrogen (secondary N) is 2. The third kappa shape index (κ3) is 3.39. The Labute approximate surface area is 218 Å². The fourth-order valence-electron chi connectivity index (χ4n) is 6.19. The van der Waals surface area contributed by atoms with Crippen molar-refractivity contribution in [3.8, 4) is 0 Å². The summed E-state index contributed by atoms with van der Waals surface area (Å²) in [5.74, 6) is -3.40. The molecular weight excluding hydrogens is 487 g/mol. The number of imide groups is 1. The molecule has 8 nitrogen and oxygen atoms in total. The monoisotopic (exact) mass is 512 g/mol. The van der Waals surface area contributed by atoms with E-state index < -0.39 is 29.3 Å². The van der Waals surface area contributed by atoms with E-state index in [1.807, 2.05) is 31.2 Å². The van der Waals surface area contributed by atoms with E-state index in [-0.39, 0.29) is 30.1 Å². The number of halogens is 1. The summed E-state index contributed by atoms with van der Waals surface area (Å²) in [4.78, 5) is 56.1. The molecule has 3 heterocycles. The highest BCUT2D eigenvalue weighted by Gasteiger charge is 2.71. The molecule has 3 aliphatic rings. The van der Waals surface area contributed by atoms with E-state index in [9.17, 15) is 23.6 Å². The average Bonchev–Trinajstić information content (AvgIpc) is 3.44. The molecule has 4 atom stereocenters. The molecule has 0 aromatic heterocycles. The molecule has 9 heteroatoms. The first-order valence-electron chi connectivity index (χ1n) is 12.4. The molecule has 2 fully saturated rings. The van der Waals surface area contributed by atoms with Gasteiger partial charge in [0.1, 0.15) is 11.4 Å². The van der Waals surface area contributed by atoms with Gasteiger partial charge >= 0.3 is 0 Å². The van der Waals surface area contributed by atoms with Gasteiger partial charge in [-0.05, 0) is 55.0 Å². The number of para-hydroxylation sites is 1. The van der Waals surface area contributed by atoms with Gasteiger partial charge in [0, 0.05) is 29.9 Å². The average molecular weight is 513 g/mol. The highest BCUT2D eigenvalue weighted by atomic mass is 19.1. The number of anilines is 3. The summed E-state index contributed by atoms with van der Waals surface area (Å²) >= 11 is 0. The lowest BCUT2D eigenvalue weighted by Gasteiger charge is -2.30. The number of benzene rings is 3. The van der Waals surface area contributed by atoms with Crippen LogP contribution in [0.25, 0.3) is 0 Å². The number of hydrogen-bond acceptors (Lipinski definition) is 5. The normalized spacial score (nSPS) is 25.8. The van der Waals surface area contributed by atoms with Gasteiger partial charge in [0.15, 0.2) is 0 Å². The van der Waals surface area contributed by atoms with Gasteiger partial charge in [0.25, 0.3) is 5.91 Å². The second kappa shape index (κ2) is 8.59. The fraction of sp³-hybridized carbons (Fsp3) is 0.241. The van der Waals surface area contributed by atoms with E-state index in [1.165, 1.54) is 19.1 Å². The van der Waals surface area contributed by atoms with Gasteiger partial charge in [-0.1, -0.05) is 30.3 Å². The molecule has 3 aliphatic heterocycles. The summed E-state index contributed by atoms with van der Waals surface area (Å²) in [6.07, 6.45) is 0. The van der Waals surface area contributed by atoms with Gasteiger partial charge in [-0.15, -0.1) is 0 Å². The fourth-order valence-corrected chi connectivity index (χ4v) is 6.19. The molecule has 0 saturated carbocycles. The van der Waals surface area contributed by atoms with Gasteiger partial charge in [-0.25, -0.2) is 9.29 Å². The van der Waals surface area contributed by atoms with Gasteiger partial charge in [-0.3, -0.25) is 24.5 Å². The van der Waals surface area contributed by atoms with Crippen LogP contribution < -0.4 is 20.4 Å². The standard InChI is InChI=1S/C29H25FN4O4/c1-16-24-25(27(37)34(26(24)36)21-13-11-20(12-14-21)31-17(2)35)29(32-16)22-5-3-4-6-23(22)33(28(29)38)15-18-7-9-19(30)10-8-18/h3-14,16,24-25,32H,15H2,1-2H3,(H,31,35)/t16-,24+,25+,29+/m1/s1. The van der Waals surface area contributed by atoms with E-state index >= 15 is 0 Å². The molecule has 2 saturated heterocycles. The van der Waals surface area contributed by atoms with E-state index in [0.29, 0.717) is 22.6 Å². The summed E-state index contributed by atoms with van der Waals surface area (Å²) in [7, 11) is 0. The van der Waals surface area contributed by atoms with Crippen LogP contribution in [0.15, 0.2) is 72.8 Å². The maximum absolute atomic E-state index is 14.3. The minimum absolute atomic E-state index is 0.196. The summed E-state index contributed by atoms with van der Waals surface area (Å²) in [5, 5.41) is 6.03. The summed E-state index contributed by atoms with van der Waals surface area (Å²) in [6.45, 7) is 3.41. The molecule has 38 heavy (non-hydrogen) atoms. The highest BCUT2D eigenvalue weighted by molar-refractivity contribution is 6.26. The molecule has 3 aromatic rings. The van der Waals surface area contributed by atoms with Crippen LogP contribution in [-0.4, -0.2) is 29.7 Å². The SMILES string of the molecule is CC(=O)Nc1ccc(N2C(=O)[C@@H]3[C@@H](C2=O)[C@]2(N[C@@H]3C)C(=O)N(Cc3ccc(F)cc3)c3ccccc32)cc1. The predicted molar refractivity (Wildman–Crippen MR) is 139 cm³/mol. The van der Waals surface area contributed by atoms with Crippen molar-refractivity contribution in [2.45, 2.75) is 32.0 Å². The van der Waals surface area contributed by atoms with Crippen LogP contribution in [-0.2, 0) is 31.3 Å². The number of amides is 4. The summed E-state index contributed by atoms with van der Waals surface area (Å²) in [5.41, 5.74) is 1.56. The Morgan fingerprint density at radius 1 is 0.974 bits per heavy atom. The van der Waals surface area contributed by atoms with Crippen molar-refractivity contribution in [3.63, 3.8) is 0 Å². The van der Waals surface area contributed by atoms with Crippen molar-refractivity contribution >= 4 is 40.7 Å². The Bertz CT molecular complexity index is 1490. The third-order valence-corrected chi connectivity index (χ3v) is 7.71. The molecule has 192 valence electrons. The molecule has 3 aromatic carbocycles. The van der Waals surface area contributed by atoms with E-state index in [4.69, 9.17) is 0 Å². The number of fused-ring (bicyclic) bond motifs is 4. The Kier molecular flexibility index (Phi) is 5.43. The summed E-state index contributed by atoms with van der Waals surface area (Å²) < 4.78 is 13.5. The van der Waals surface area contributed by atoms with Crippen molar-refractivity contribution in [2.75, 3.05) is 15.1 Å². The lowest BCUT2D eigenvalue weighted by molar-refractivity contribution is -0.132. The van der Waals surface area contributed by atoms with Crippen molar-refractivity contribution < 1.29 is 23.6 Å². The maximum atomic E-state index is 14.3. The van der Waals surface area contributed by atoms with Crippen LogP contribution in [0, 0.1) is 17.7 Å². The zero-order valence-electron chi connectivity index (χ0n) is 20.8. The van der Waals surface area contributed by atoms with Crippen LogP contribution in [0.3, 0.4) is 0 Å². The topological polar surface area (TPSA) is 98.8 Å². The zero-order chi connectivity index (χ0) is 26.8. The molecule has 0 bridgehead atoms. The Morgan fingerprint density at radius 2 is 1.66 bits per heavy atom. The molecule has 0 unspecified atom stereocenters. The Hall–Kier alpha value is -4.37. The quantitative estimate of drug-likeness (QED) is 0.523. The third-order valence-electron chi connectivity index (χ3n) is 7.71. The number of carbonyl (C=O) groups excluding carboxylic acids is 4. The van der Waals surface area contributed by atoms with Crippen molar-refractivity contribution in [1.82, 2.24) is 5.32 Å². The van der Waals surface area contributed by atoms with Gasteiger partial charge in [0.05, 0.1) is 24.1 Å². The van der Waals surface area contributed by atoms with Crippen molar-refractivity contribution in [3.05, 3.63) is 89.7 Å². The van der Waals surface area contributed by atoms with Crippen LogP contribution in [0.1, 0.15) is 25.0 Å². The van der Waals surface area contributed by atoms with Crippen LogP contribution in [0.5, 0.6) is 0 Å². The van der Waals surface area contributed by atoms with Crippen LogP contribution in [0.2, 0.25) is 0 Å². The zero-order valence-corrected chi connectivity index (χ0v) is 20.8. The van der Waals surface area contributed by atoms with Gasteiger partial charge < -0.3 is 10.2 Å². The lowest BCUT2D eigenvalue weighted by Crippen LogP contribution is -2.54. The predicted octanol–water partition coefficient (Wildman–Crippen LogP) is 3.32. The van der Waals surface area contributed by atoms with Gasteiger partial charge in [-0.2, -0.15) is 0 Å². The van der Waals surface area contributed by atoms with Crippen molar-refractivity contribution in [2.24, 2.45) is 11.8 Å². The second-order valence-electron chi connectivity index (χ2n) is 10.0. The first-order valence-corrected chi connectivity index (χ1v) is 12.4. The van der Waals surface area contributed by atoms with E-state index in [2.05, 4.69) is 10.6 Å². The Balaban J connectivity index is 1.40. The molecule has 2 N–H and O–H groups in total. The number of rotatable bonds is 4. The molecule has 0 radical (unpaired) electrons. The smallest absolute Gasteiger partial charge is 0.253 e. The second-order valence-corrected chi connectivity index (χ2v) is 10.0. The molecule has 6 rings (SSSR count). The summed E-state index contributed by atoms with van der Waals surface area (Å²) in [6, 6.07) is 19.3. The van der Waals surface area contributed by atoms with Gasteiger partial charge in [0.2, 0.25) is 17.7 Å². The number of hydrogen-bond donors (Lipinski definition) is 2. The first kappa shape index (κ1) is 24.0. The number of carbonyl (C=O) groups is 4. The van der Waals surface area contributed by atoms with Crippen molar-refractivity contribution in [1.29, 1.82) is 0 Å². The van der Waals surface area contributed by atoms with E-state index in [1.54, 1.807) is 41.3 Å². The lowest BCUT2D eigenvalue weighted by atomic mass is 9.76. The molecule has 4 amide bonds. The highest BCUT2D eigenvalue weighted by Crippen LogP contribution is 2.55. The Morgan fingerprint density at radius 3 is 2.34 bits per heavy atom. The van der Waals surface area contributed by atoms with Crippen LogP contribution >= 0.6 is 0 Å². The van der Waals surface area contributed by atoms with Crippen LogP contribution in [0.4, 0.5) is 21.5 Å². The maximum Gasteiger partial charge on any atom is 0.253 e. The molecule has 1 spiro atoms.